The zero-order valence-electron chi connectivity index (χ0n) is 19.5. The monoisotopic (exact) mass is 474 g/mol. The van der Waals surface area contributed by atoms with Gasteiger partial charge in [0.1, 0.15) is 31.7 Å². The second-order valence-corrected chi connectivity index (χ2v) is 7.60. The van der Waals surface area contributed by atoms with E-state index in [0.29, 0.717) is 28.0 Å². The Balaban J connectivity index is 2.20. The molecule has 2 N–H and O–H groups in total. The minimum Gasteiger partial charge on any atom is -0.493 e. The highest BCUT2D eigenvalue weighted by atomic mass is 16.6. The second kappa shape index (κ2) is 12.6. The van der Waals surface area contributed by atoms with E-state index >= 15 is 0 Å². The average Bonchev–Trinajstić information content (AvgIpc) is 2.83. The smallest absolute Gasteiger partial charge is 0.333 e. The van der Waals surface area contributed by atoms with Crippen molar-refractivity contribution < 1.29 is 43.5 Å². The topological polar surface area (TPSA) is 121 Å². The molecular weight excluding hydrogens is 444 g/mol. The van der Waals surface area contributed by atoms with Crippen molar-refractivity contribution in [3.63, 3.8) is 0 Å². The molecule has 2 rings (SSSR count). The Hall–Kier alpha value is -3.56. The number of aliphatic hydroxyl groups is 2. The van der Waals surface area contributed by atoms with Crippen LogP contribution in [0.3, 0.4) is 0 Å². The van der Waals surface area contributed by atoms with E-state index in [4.69, 9.17) is 23.7 Å². The van der Waals surface area contributed by atoms with Crippen LogP contribution in [0, 0.1) is 0 Å². The van der Waals surface area contributed by atoms with Gasteiger partial charge in [0.25, 0.3) is 0 Å². The Labute approximate surface area is 198 Å². The van der Waals surface area contributed by atoms with Crippen molar-refractivity contribution in [2.24, 2.45) is 0 Å². The summed E-state index contributed by atoms with van der Waals surface area (Å²) in [6.45, 7) is 9.09. The van der Waals surface area contributed by atoms with Crippen molar-refractivity contribution in [2.45, 2.75) is 26.1 Å². The number of carbonyl (C=O) groups is 2. The first-order valence-electron chi connectivity index (χ1n) is 10.5. The summed E-state index contributed by atoms with van der Waals surface area (Å²) in [6, 6.07) is 8.80. The molecule has 0 bridgehead atoms. The summed E-state index contributed by atoms with van der Waals surface area (Å²) in [5.41, 5.74) is 0.442. The van der Waals surface area contributed by atoms with Crippen LogP contribution in [0.2, 0.25) is 0 Å². The van der Waals surface area contributed by atoms with Gasteiger partial charge in [0.2, 0.25) is 0 Å². The molecule has 0 heterocycles. The van der Waals surface area contributed by atoms with E-state index in [2.05, 4.69) is 13.2 Å². The van der Waals surface area contributed by atoms with Gasteiger partial charge in [0, 0.05) is 28.0 Å². The lowest BCUT2D eigenvalue weighted by Gasteiger charge is -2.20. The standard InChI is InChI=1S/C25H30O9/c1-15(2)24(28)33-13-17(27)12-32-23-20-9-7-6-8-19(20)21(10-22(23)30-5)31-14-18(11-26)34-25(29)16(3)4/h6-10,17-18,26-27H,1,3,11-14H2,2,4-5H3. The van der Waals surface area contributed by atoms with Crippen LogP contribution in [-0.4, -0.2) is 67.9 Å². The number of benzene rings is 2. The maximum Gasteiger partial charge on any atom is 0.333 e. The van der Waals surface area contributed by atoms with Gasteiger partial charge in [0.05, 0.1) is 13.7 Å². The zero-order valence-corrected chi connectivity index (χ0v) is 19.5. The number of aliphatic hydroxyl groups excluding tert-OH is 2. The molecule has 2 atom stereocenters. The van der Waals surface area contributed by atoms with Gasteiger partial charge in [-0.2, -0.15) is 0 Å². The maximum atomic E-state index is 11.7. The number of hydrogen-bond acceptors (Lipinski definition) is 9. The fourth-order valence-electron chi connectivity index (χ4n) is 2.79. The number of rotatable bonds is 13. The third kappa shape index (κ3) is 7.23. The predicted molar refractivity (Wildman–Crippen MR) is 125 cm³/mol. The summed E-state index contributed by atoms with van der Waals surface area (Å²) in [4.78, 5) is 23.3. The van der Waals surface area contributed by atoms with Crippen LogP contribution in [0.25, 0.3) is 10.8 Å². The number of hydrogen-bond donors (Lipinski definition) is 2. The van der Waals surface area contributed by atoms with Crippen molar-refractivity contribution in [3.05, 3.63) is 54.6 Å². The summed E-state index contributed by atoms with van der Waals surface area (Å²) in [5.74, 6) is -0.108. The van der Waals surface area contributed by atoms with Gasteiger partial charge in [-0.15, -0.1) is 0 Å². The third-order valence-corrected chi connectivity index (χ3v) is 4.57. The summed E-state index contributed by atoms with van der Waals surface area (Å²) >= 11 is 0. The summed E-state index contributed by atoms with van der Waals surface area (Å²) < 4.78 is 27.2. The van der Waals surface area contributed by atoms with Gasteiger partial charge in [0.15, 0.2) is 17.6 Å². The van der Waals surface area contributed by atoms with E-state index < -0.39 is 30.8 Å². The van der Waals surface area contributed by atoms with Crippen LogP contribution in [0.4, 0.5) is 0 Å². The van der Waals surface area contributed by atoms with Gasteiger partial charge in [-0.1, -0.05) is 37.4 Å². The Morgan fingerprint density at radius 3 is 2.18 bits per heavy atom. The van der Waals surface area contributed by atoms with E-state index in [1.165, 1.54) is 21.0 Å². The molecular formula is C25H30O9. The third-order valence-electron chi connectivity index (χ3n) is 4.57. The molecule has 2 aromatic rings. The highest BCUT2D eigenvalue weighted by molar-refractivity contribution is 5.95. The first-order chi connectivity index (χ1) is 16.2. The Kier molecular flexibility index (Phi) is 9.91. The van der Waals surface area contributed by atoms with Crippen LogP contribution in [0.5, 0.6) is 17.2 Å². The quantitative estimate of drug-likeness (QED) is 0.333. The van der Waals surface area contributed by atoms with Crippen molar-refractivity contribution in [3.8, 4) is 17.2 Å². The van der Waals surface area contributed by atoms with Gasteiger partial charge in [-0.3, -0.25) is 0 Å². The molecule has 0 aliphatic heterocycles. The van der Waals surface area contributed by atoms with E-state index in [1.54, 1.807) is 24.3 Å². The van der Waals surface area contributed by atoms with Crippen LogP contribution < -0.4 is 14.2 Å². The van der Waals surface area contributed by atoms with Crippen molar-refractivity contribution in [2.75, 3.05) is 33.5 Å². The minimum absolute atomic E-state index is 0.102. The normalized spacial score (nSPS) is 12.4. The molecule has 0 aliphatic rings. The molecule has 0 aromatic heterocycles. The SMILES string of the molecule is C=C(C)C(=O)OCC(O)COc1c(OC)cc(OCC(CO)OC(=O)C(=C)C)c2ccccc12. The van der Waals surface area contributed by atoms with Crippen LogP contribution in [0.15, 0.2) is 54.6 Å². The predicted octanol–water partition coefficient (Wildman–Crippen LogP) is 2.57. The Bertz CT molecular complexity index is 1040. The Morgan fingerprint density at radius 1 is 0.941 bits per heavy atom. The molecule has 0 saturated heterocycles. The molecule has 0 saturated carbocycles. The molecule has 34 heavy (non-hydrogen) atoms. The van der Waals surface area contributed by atoms with E-state index in [-0.39, 0.29) is 31.0 Å². The highest BCUT2D eigenvalue weighted by Crippen LogP contribution is 2.41. The lowest BCUT2D eigenvalue weighted by Crippen LogP contribution is -2.28. The molecule has 0 spiro atoms. The van der Waals surface area contributed by atoms with Crippen molar-refractivity contribution >= 4 is 22.7 Å². The van der Waals surface area contributed by atoms with E-state index in [9.17, 15) is 19.8 Å². The first-order valence-corrected chi connectivity index (χ1v) is 10.5. The van der Waals surface area contributed by atoms with Gasteiger partial charge < -0.3 is 33.9 Å². The largest absolute Gasteiger partial charge is 0.493 e. The number of fused-ring (bicyclic) bond motifs is 1. The molecule has 9 nitrogen and oxygen atoms in total. The van der Waals surface area contributed by atoms with E-state index in [0.717, 1.165) is 0 Å². The fraction of sp³-hybridized carbons (Fsp3) is 0.360. The second-order valence-electron chi connectivity index (χ2n) is 7.60. The van der Waals surface area contributed by atoms with Crippen LogP contribution in [0.1, 0.15) is 13.8 Å². The summed E-state index contributed by atoms with van der Waals surface area (Å²) in [5, 5.41) is 21.0. The molecule has 0 amide bonds. The molecule has 0 aliphatic carbocycles. The van der Waals surface area contributed by atoms with E-state index in [1.807, 2.05) is 6.07 Å². The van der Waals surface area contributed by atoms with Crippen LogP contribution in [-0.2, 0) is 19.1 Å². The van der Waals surface area contributed by atoms with Gasteiger partial charge >= 0.3 is 11.9 Å². The lowest BCUT2D eigenvalue weighted by molar-refractivity contribution is -0.148. The molecule has 2 unspecified atom stereocenters. The van der Waals surface area contributed by atoms with Crippen LogP contribution >= 0.6 is 0 Å². The lowest BCUT2D eigenvalue weighted by atomic mass is 10.1. The zero-order chi connectivity index (χ0) is 25.3. The summed E-state index contributed by atoms with van der Waals surface area (Å²) in [6.07, 6.45) is -1.96. The first kappa shape index (κ1) is 26.7. The average molecular weight is 475 g/mol. The van der Waals surface area contributed by atoms with Crippen molar-refractivity contribution in [1.29, 1.82) is 0 Å². The molecule has 9 heteroatoms. The minimum atomic E-state index is -1.07. The number of esters is 2. The Morgan fingerprint density at radius 2 is 1.59 bits per heavy atom. The molecule has 0 fully saturated rings. The maximum absolute atomic E-state index is 11.7. The highest BCUT2D eigenvalue weighted by Gasteiger charge is 2.20. The molecule has 0 radical (unpaired) electrons. The number of methoxy groups -OCH3 is 1. The molecule has 184 valence electrons. The fourth-order valence-corrected chi connectivity index (χ4v) is 2.79. The molecule has 2 aromatic carbocycles. The number of ether oxygens (including phenoxy) is 5. The van der Waals surface area contributed by atoms with Gasteiger partial charge in [-0.05, 0) is 13.8 Å². The van der Waals surface area contributed by atoms with Crippen molar-refractivity contribution in [1.82, 2.24) is 0 Å². The van der Waals surface area contributed by atoms with Gasteiger partial charge in [-0.25, -0.2) is 9.59 Å². The summed E-state index contributed by atoms with van der Waals surface area (Å²) in [7, 11) is 1.46. The number of carbonyl (C=O) groups excluding carboxylic acids is 2.